The first kappa shape index (κ1) is 17.4. The van der Waals surface area contributed by atoms with Gasteiger partial charge in [-0.3, -0.25) is 14.5 Å². The summed E-state index contributed by atoms with van der Waals surface area (Å²) in [6.07, 6.45) is 1.47. The molecule has 2 aromatic heterocycles. The van der Waals surface area contributed by atoms with Gasteiger partial charge in [0.2, 0.25) is 0 Å². The van der Waals surface area contributed by atoms with Crippen molar-refractivity contribution in [3.63, 3.8) is 0 Å². The second-order valence-corrected chi connectivity index (χ2v) is 7.52. The first-order valence-electron chi connectivity index (χ1n) is 8.90. The third-order valence-electron chi connectivity index (χ3n) is 4.79. The molecule has 1 N–H and O–H groups in total. The van der Waals surface area contributed by atoms with E-state index < -0.39 is 17.7 Å². The zero-order chi connectivity index (χ0) is 20.0. The van der Waals surface area contributed by atoms with E-state index in [1.165, 1.54) is 22.5 Å². The van der Waals surface area contributed by atoms with Crippen LogP contribution in [-0.4, -0.2) is 21.8 Å². The number of nitrogens with zero attached hydrogens (tertiary/aromatic N) is 2. The van der Waals surface area contributed by atoms with Gasteiger partial charge in [0.05, 0.1) is 22.1 Å². The molecule has 1 aliphatic rings. The molecular formula is C22H14N2O4S. The number of anilines is 1. The molecule has 5 rings (SSSR count). The number of para-hydroxylation sites is 1. The molecule has 0 aliphatic carbocycles. The number of carbonyl (C=O) groups is 2. The minimum atomic E-state index is -0.897. The number of ketones is 1. The van der Waals surface area contributed by atoms with Crippen molar-refractivity contribution < 1.29 is 19.1 Å². The van der Waals surface area contributed by atoms with Gasteiger partial charge in [-0.2, -0.15) is 0 Å². The van der Waals surface area contributed by atoms with Crippen LogP contribution in [0.3, 0.4) is 0 Å². The predicted octanol–water partition coefficient (Wildman–Crippen LogP) is 4.52. The van der Waals surface area contributed by atoms with Gasteiger partial charge in [0.15, 0.2) is 5.13 Å². The molecule has 0 bridgehead atoms. The lowest BCUT2D eigenvalue weighted by Crippen LogP contribution is -2.29. The Balaban J connectivity index is 1.73. The number of rotatable bonds is 3. The van der Waals surface area contributed by atoms with Gasteiger partial charge in [-0.25, -0.2) is 4.98 Å². The molecule has 29 heavy (non-hydrogen) atoms. The lowest BCUT2D eigenvalue weighted by molar-refractivity contribution is -0.132. The highest BCUT2D eigenvalue weighted by molar-refractivity contribution is 7.22. The van der Waals surface area contributed by atoms with Crippen molar-refractivity contribution in [2.24, 2.45) is 0 Å². The number of furan rings is 1. The molecule has 3 heterocycles. The molecule has 1 fully saturated rings. The van der Waals surface area contributed by atoms with E-state index in [0.717, 1.165) is 10.2 Å². The van der Waals surface area contributed by atoms with Crippen LogP contribution in [0.5, 0.6) is 0 Å². The molecule has 0 saturated carbocycles. The average molecular weight is 402 g/mol. The minimum absolute atomic E-state index is 0.0181. The molecule has 1 aliphatic heterocycles. The van der Waals surface area contributed by atoms with E-state index in [9.17, 15) is 14.7 Å². The second kappa shape index (κ2) is 6.72. The standard InChI is InChI=1S/C22H14N2O4S/c25-19(13-7-2-1-3-8-13)17-18(15-10-6-12-28-15)24(21(27)20(17)26)22-23-14-9-4-5-11-16(14)29-22/h1-12,18,25H/b19-17+. The third-order valence-corrected chi connectivity index (χ3v) is 5.83. The van der Waals surface area contributed by atoms with Gasteiger partial charge in [-0.05, 0) is 24.3 Å². The number of benzene rings is 2. The Kier molecular flexibility index (Phi) is 4.03. The fourth-order valence-electron chi connectivity index (χ4n) is 3.46. The molecule has 6 nitrogen and oxygen atoms in total. The summed E-state index contributed by atoms with van der Waals surface area (Å²) in [6.45, 7) is 0. The number of carbonyl (C=O) groups excluding carboxylic acids is 2. The number of hydrogen-bond acceptors (Lipinski definition) is 6. The molecule has 0 spiro atoms. The summed E-state index contributed by atoms with van der Waals surface area (Å²) in [5.74, 6) is -1.38. The molecule has 1 amide bonds. The Labute approximate surface area is 169 Å². The largest absolute Gasteiger partial charge is 0.507 e. The lowest BCUT2D eigenvalue weighted by atomic mass is 9.99. The summed E-state index contributed by atoms with van der Waals surface area (Å²) in [5, 5.41) is 11.3. The zero-order valence-corrected chi connectivity index (χ0v) is 15.8. The minimum Gasteiger partial charge on any atom is -0.507 e. The summed E-state index contributed by atoms with van der Waals surface area (Å²) in [4.78, 5) is 31.8. The van der Waals surface area contributed by atoms with E-state index >= 15 is 0 Å². The number of aliphatic hydroxyl groups excluding tert-OH is 1. The fourth-order valence-corrected chi connectivity index (χ4v) is 4.45. The van der Waals surface area contributed by atoms with Crippen LogP contribution in [0.2, 0.25) is 0 Å². The van der Waals surface area contributed by atoms with Crippen molar-refractivity contribution in [3.8, 4) is 0 Å². The molecule has 1 saturated heterocycles. The zero-order valence-electron chi connectivity index (χ0n) is 15.0. The molecule has 2 aromatic carbocycles. The van der Waals surface area contributed by atoms with Gasteiger partial charge in [-0.1, -0.05) is 53.8 Å². The van der Waals surface area contributed by atoms with Gasteiger partial charge in [-0.15, -0.1) is 0 Å². The van der Waals surface area contributed by atoms with Crippen LogP contribution in [0.1, 0.15) is 17.4 Å². The summed E-state index contributed by atoms with van der Waals surface area (Å²) >= 11 is 1.31. The van der Waals surface area contributed by atoms with Crippen LogP contribution in [0.25, 0.3) is 16.0 Å². The van der Waals surface area contributed by atoms with Crippen molar-refractivity contribution in [1.82, 2.24) is 4.98 Å². The Morgan fingerprint density at radius 3 is 2.48 bits per heavy atom. The number of amides is 1. The maximum Gasteiger partial charge on any atom is 0.302 e. The molecular weight excluding hydrogens is 388 g/mol. The predicted molar refractivity (Wildman–Crippen MR) is 110 cm³/mol. The molecule has 1 unspecified atom stereocenters. The van der Waals surface area contributed by atoms with Crippen molar-refractivity contribution in [3.05, 3.63) is 89.9 Å². The Morgan fingerprint density at radius 1 is 1.00 bits per heavy atom. The van der Waals surface area contributed by atoms with Gasteiger partial charge in [0.1, 0.15) is 17.6 Å². The van der Waals surface area contributed by atoms with Crippen molar-refractivity contribution in [2.75, 3.05) is 4.90 Å². The van der Waals surface area contributed by atoms with Gasteiger partial charge >= 0.3 is 5.91 Å². The Bertz CT molecular complexity index is 1230. The van der Waals surface area contributed by atoms with E-state index in [2.05, 4.69) is 4.98 Å². The molecule has 1 atom stereocenters. The molecule has 7 heteroatoms. The first-order valence-corrected chi connectivity index (χ1v) is 9.72. The quantitative estimate of drug-likeness (QED) is 0.310. The van der Waals surface area contributed by atoms with Crippen molar-refractivity contribution in [1.29, 1.82) is 0 Å². The summed E-state index contributed by atoms with van der Waals surface area (Å²) in [6, 6.07) is 18.6. The van der Waals surface area contributed by atoms with Crippen LogP contribution >= 0.6 is 11.3 Å². The summed E-state index contributed by atoms with van der Waals surface area (Å²) in [5.41, 5.74) is 1.16. The molecule has 142 valence electrons. The van der Waals surface area contributed by atoms with Gasteiger partial charge < -0.3 is 9.52 Å². The lowest BCUT2D eigenvalue weighted by Gasteiger charge is -2.20. The highest BCUT2D eigenvalue weighted by Gasteiger charge is 2.49. The fraction of sp³-hybridized carbons (Fsp3) is 0.0455. The normalized spacial score (nSPS) is 18.6. The monoisotopic (exact) mass is 402 g/mol. The maximum absolute atomic E-state index is 13.0. The highest BCUT2D eigenvalue weighted by Crippen LogP contribution is 2.44. The van der Waals surface area contributed by atoms with E-state index in [1.54, 1.807) is 42.5 Å². The number of hydrogen-bond donors (Lipinski definition) is 1. The smallest absolute Gasteiger partial charge is 0.302 e. The van der Waals surface area contributed by atoms with Gasteiger partial charge in [0, 0.05) is 5.56 Å². The average Bonchev–Trinajstić information content (AvgIpc) is 3.47. The number of fused-ring (bicyclic) bond motifs is 1. The number of thiazole rings is 1. The third kappa shape index (κ3) is 2.75. The van der Waals surface area contributed by atoms with Crippen LogP contribution in [0.4, 0.5) is 5.13 Å². The van der Waals surface area contributed by atoms with Crippen LogP contribution in [-0.2, 0) is 9.59 Å². The van der Waals surface area contributed by atoms with Crippen molar-refractivity contribution in [2.45, 2.75) is 6.04 Å². The van der Waals surface area contributed by atoms with E-state index in [1.807, 2.05) is 24.3 Å². The highest BCUT2D eigenvalue weighted by atomic mass is 32.1. The van der Waals surface area contributed by atoms with E-state index in [4.69, 9.17) is 4.42 Å². The maximum atomic E-state index is 13.0. The van der Waals surface area contributed by atoms with Crippen molar-refractivity contribution >= 4 is 44.1 Å². The van der Waals surface area contributed by atoms with Crippen LogP contribution < -0.4 is 4.90 Å². The van der Waals surface area contributed by atoms with Gasteiger partial charge in [0.25, 0.3) is 5.78 Å². The van der Waals surface area contributed by atoms with E-state index in [0.29, 0.717) is 16.5 Å². The Morgan fingerprint density at radius 2 is 1.76 bits per heavy atom. The number of aliphatic hydroxyl groups is 1. The second-order valence-electron chi connectivity index (χ2n) is 6.51. The SMILES string of the molecule is O=C1C(=O)N(c2nc3ccccc3s2)C(c2ccco2)/C1=C(\O)c1ccccc1. The Hall–Kier alpha value is -3.71. The summed E-state index contributed by atoms with van der Waals surface area (Å²) < 4.78 is 6.44. The van der Waals surface area contributed by atoms with Crippen LogP contribution in [0, 0.1) is 0 Å². The molecule has 0 radical (unpaired) electrons. The summed E-state index contributed by atoms with van der Waals surface area (Å²) in [7, 11) is 0. The van der Waals surface area contributed by atoms with E-state index in [-0.39, 0.29) is 11.3 Å². The first-order chi connectivity index (χ1) is 14.1. The van der Waals surface area contributed by atoms with Crippen LogP contribution in [0.15, 0.2) is 83.0 Å². The molecule has 4 aromatic rings. The number of Topliss-reactive ketones (excluding diaryl/α,β-unsaturated/α-hetero) is 1. The topological polar surface area (TPSA) is 83.6 Å². The number of aromatic nitrogens is 1.